The Bertz CT molecular complexity index is 197. The Kier molecular flexibility index (Phi) is 5.33. The number of ether oxygens (including phenoxy) is 1. The van der Waals surface area contributed by atoms with Gasteiger partial charge in [0.25, 0.3) is 0 Å². The summed E-state index contributed by atoms with van der Waals surface area (Å²) in [7, 11) is 1.74. The van der Waals surface area contributed by atoms with E-state index < -0.39 is 0 Å². The van der Waals surface area contributed by atoms with Gasteiger partial charge in [-0.2, -0.15) is 0 Å². The fourth-order valence-electron chi connectivity index (χ4n) is 1.34. The Hall–Kier alpha value is -0.220. The van der Waals surface area contributed by atoms with E-state index in [0.29, 0.717) is 12.1 Å². The van der Waals surface area contributed by atoms with Crippen LogP contribution in [0.2, 0.25) is 0 Å². The van der Waals surface area contributed by atoms with Gasteiger partial charge in [-0.05, 0) is 12.8 Å². The quantitative estimate of drug-likeness (QED) is 0.762. The summed E-state index contributed by atoms with van der Waals surface area (Å²) >= 11 is 1.83. The summed E-state index contributed by atoms with van der Waals surface area (Å²) in [5, 5.41) is 4.52. The van der Waals surface area contributed by atoms with E-state index in [1.165, 1.54) is 0 Å². The predicted molar refractivity (Wildman–Crippen MR) is 63.1 cm³/mol. The number of hydrogen-bond donors (Lipinski definition) is 1. The number of methoxy groups -OCH3 is 1. The number of nitrogens with one attached hydrogen (secondary N) is 1. The molecule has 2 unspecified atom stereocenters. The van der Waals surface area contributed by atoms with Gasteiger partial charge in [-0.3, -0.25) is 4.99 Å². The third-order valence-electron chi connectivity index (χ3n) is 2.37. The van der Waals surface area contributed by atoms with Crippen LogP contribution in [0.3, 0.4) is 0 Å². The fraction of sp³-hybridized carbons (Fsp3) is 0.900. The standard InChI is InChI=1S/C10H20N2OS/c1-4-8(6-13-3)11-10-12-9(5-2)7-14-10/h8-9H,4-7H2,1-3H3,(H,11,12). The normalized spacial score (nSPS) is 23.4. The van der Waals surface area contributed by atoms with Gasteiger partial charge in [0.1, 0.15) is 0 Å². The largest absolute Gasteiger partial charge is 0.383 e. The molecule has 0 fully saturated rings. The smallest absolute Gasteiger partial charge is 0.157 e. The van der Waals surface area contributed by atoms with E-state index in [1.54, 1.807) is 7.11 Å². The first-order valence-electron chi connectivity index (χ1n) is 5.26. The molecule has 0 amide bonds. The minimum Gasteiger partial charge on any atom is -0.383 e. The second-order valence-corrected chi connectivity index (χ2v) is 4.52. The van der Waals surface area contributed by atoms with Gasteiger partial charge >= 0.3 is 0 Å². The molecular weight excluding hydrogens is 196 g/mol. The molecule has 2 atom stereocenters. The molecule has 0 spiro atoms. The van der Waals surface area contributed by atoms with Gasteiger partial charge < -0.3 is 10.1 Å². The maximum absolute atomic E-state index is 5.13. The van der Waals surface area contributed by atoms with E-state index in [2.05, 4.69) is 24.2 Å². The van der Waals surface area contributed by atoms with Crippen molar-refractivity contribution < 1.29 is 4.74 Å². The maximum Gasteiger partial charge on any atom is 0.157 e. The third kappa shape index (κ3) is 3.50. The van der Waals surface area contributed by atoms with Crippen molar-refractivity contribution in [2.45, 2.75) is 38.8 Å². The average molecular weight is 216 g/mol. The van der Waals surface area contributed by atoms with Crippen LogP contribution in [0.5, 0.6) is 0 Å². The van der Waals surface area contributed by atoms with Crippen LogP contribution in [0.4, 0.5) is 0 Å². The summed E-state index contributed by atoms with van der Waals surface area (Å²) in [5.41, 5.74) is 0. The molecular formula is C10H20N2OS. The minimum absolute atomic E-state index is 0.404. The van der Waals surface area contributed by atoms with Crippen molar-refractivity contribution in [3.63, 3.8) is 0 Å². The van der Waals surface area contributed by atoms with E-state index in [1.807, 2.05) is 11.8 Å². The van der Waals surface area contributed by atoms with Crippen LogP contribution >= 0.6 is 11.8 Å². The first-order valence-corrected chi connectivity index (χ1v) is 6.24. The summed E-state index contributed by atoms with van der Waals surface area (Å²) in [6, 6.07) is 0.921. The van der Waals surface area contributed by atoms with Crippen molar-refractivity contribution in [3.8, 4) is 0 Å². The van der Waals surface area contributed by atoms with Crippen LogP contribution in [0.1, 0.15) is 26.7 Å². The van der Waals surface area contributed by atoms with Crippen molar-refractivity contribution in [1.82, 2.24) is 5.32 Å². The molecule has 4 heteroatoms. The zero-order valence-corrected chi connectivity index (χ0v) is 10.1. The Morgan fingerprint density at radius 2 is 2.43 bits per heavy atom. The summed E-state index contributed by atoms with van der Waals surface area (Å²) in [6.07, 6.45) is 2.21. The minimum atomic E-state index is 0.404. The van der Waals surface area contributed by atoms with Crippen LogP contribution in [-0.2, 0) is 4.74 Å². The van der Waals surface area contributed by atoms with Gasteiger partial charge in [0.15, 0.2) is 5.17 Å². The Morgan fingerprint density at radius 1 is 1.64 bits per heavy atom. The second-order valence-electron chi connectivity index (χ2n) is 3.51. The SMILES string of the molecule is CCC1CSC(NC(CC)COC)=N1. The molecule has 1 N–H and O–H groups in total. The molecule has 3 nitrogen and oxygen atoms in total. The molecule has 0 bridgehead atoms. The molecule has 0 radical (unpaired) electrons. The van der Waals surface area contributed by atoms with Crippen LogP contribution in [-0.4, -0.2) is 36.7 Å². The fourth-order valence-corrected chi connectivity index (χ4v) is 2.48. The Morgan fingerprint density at radius 3 is 2.93 bits per heavy atom. The lowest BCUT2D eigenvalue weighted by molar-refractivity contribution is 0.172. The van der Waals surface area contributed by atoms with Gasteiger partial charge in [-0.25, -0.2) is 0 Å². The number of nitrogens with zero attached hydrogens (tertiary/aromatic N) is 1. The summed E-state index contributed by atoms with van der Waals surface area (Å²) < 4.78 is 5.13. The second kappa shape index (κ2) is 6.30. The van der Waals surface area contributed by atoms with Crippen LogP contribution < -0.4 is 5.32 Å². The number of thioether (sulfide) groups is 1. The molecule has 82 valence electrons. The zero-order valence-electron chi connectivity index (χ0n) is 9.25. The lowest BCUT2D eigenvalue weighted by atomic mass is 10.2. The number of hydrogen-bond acceptors (Lipinski definition) is 4. The lowest BCUT2D eigenvalue weighted by Crippen LogP contribution is -2.35. The molecule has 0 aromatic carbocycles. The van der Waals surface area contributed by atoms with E-state index in [9.17, 15) is 0 Å². The van der Waals surface area contributed by atoms with Crippen molar-refractivity contribution >= 4 is 16.9 Å². The summed E-state index contributed by atoms with van der Waals surface area (Å²) in [5.74, 6) is 1.13. The van der Waals surface area contributed by atoms with E-state index in [0.717, 1.165) is 30.4 Å². The van der Waals surface area contributed by atoms with Crippen LogP contribution in [0.15, 0.2) is 4.99 Å². The van der Waals surface area contributed by atoms with Gasteiger partial charge in [-0.15, -0.1) is 0 Å². The van der Waals surface area contributed by atoms with Crippen LogP contribution in [0.25, 0.3) is 0 Å². The summed E-state index contributed by atoms with van der Waals surface area (Å²) in [4.78, 5) is 4.59. The van der Waals surface area contributed by atoms with Crippen molar-refractivity contribution in [3.05, 3.63) is 0 Å². The van der Waals surface area contributed by atoms with E-state index in [4.69, 9.17) is 4.74 Å². The van der Waals surface area contributed by atoms with Gasteiger partial charge in [0, 0.05) is 12.9 Å². The number of aliphatic imine (C=N–C) groups is 1. The van der Waals surface area contributed by atoms with Crippen LogP contribution in [0, 0.1) is 0 Å². The molecule has 0 saturated carbocycles. The van der Waals surface area contributed by atoms with E-state index >= 15 is 0 Å². The van der Waals surface area contributed by atoms with E-state index in [-0.39, 0.29) is 0 Å². The topological polar surface area (TPSA) is 33.6 Å². The average Bonchev–Trinajstić information content (AvgIpc) is 2.65. The highest BCUT2D eigenvalue weighted by atomic mass is 32.2. The monoisotopic (exact) mass is 216 g/mol. The predicted octanol–water partition coefficient (Wildman–Crippen LogP) is 1.88. The molecule has 0 aliphatic carbocycles. The molecule has 0 aromatic rings. The molecule has 0 saturated heterocycles. The number of amidine groups is 1. The number of rotatable bonds is 5. The van der Waals surface area contributed by atoms with Crippen molar-refractivity contribution in [2.24, 2.45) is 4.99 Å². The Balaban J connectivity index is 2.35. The molecule has 1 heterocycles. The first-order chi connectivity index (χ1) is 6.80. The molecule has 14 heavy (non-hydrogen) atoms. The molecule has 1 rings (SSSR count). The maximum atomic E-state index is 5.13. The Labute approximate surface area is 90.7 Å². The molecule has 1 aliphatic heterocycles. The first kappa shape index (κ1) is 11.9. The lowest BCUT2D eigenvalue weighted by Gasteiger charge is -2.16. The zero-order chi connectivity index (χ0) is 10.4. The highest BCUT2D eigenvalue weighted by molar-refractivity contribution is 8.14. The van der Waals surface area contributed by atoms with Crippen molar-refractivity contribution in [2.75, 3.05) is 19.5 Å². The third-order valence-corrected chi connectivity index (χ3v) is 3.42. The molecule has 0 aromatic heterocycles. The highest BCUT2D eigenvalue weighted by Gasteiger charge is 2.18. The van der Waals surface area contributed by atoms with Gasteiger partial charge in [-0.1, -0.05) is 25.6 Å². The summed E-state index contributed by atoms with van der Waals surface area (Å²) in [6.45, 7) is 5.10. The van der Waals surface area contributed by atoms with Gasteiger partial charge in [0.2, 0.25) is 0 Å². The van der Waals surface area contributed by atoms with Crippen molar-refractivity contribution in [1.29, 1.82) is 0 Å². The molecule has 1 aliphatic rings. The highest BCUT2D eigenvalue weighted by Crippen LogP contribution is 2.18. The van der Waals surface area contributed by atoms with Gasteiger partial charge in [0.05, 0.1) is 18.7 Å².